The summed E-state index contributed by atoms with van der Waals surface area (Å²) in [5, 5.41) is 0. The molecule has 0 radical (unpaired) electrons. The number of rotatable bonds is 0. The van der Waals surface area contributed by atoms with Crippen LogP contribution in [0.5, 0.6) is 0 Å². The van der Waals surface area contributed by atoms with Crippen LogP contribution in [0, 0.1) is 34.5 Å². The van der Waals surface area contributed by atoms with Gasteiger partial charge >= 0.3 is 0 Å². The number of ketones is 1. The molecule has 0 aromatic heterocycles. The zero-order valence-electron chi connectivity index (χ0n) is 13.4. The average Bonchev–Trinajstić information content (AvgIpc) is 3.21. The van der Waals surface area contributed by atoms with Gasteiger partial charge in [0.15, 0.2) is 5.78 Å². The van der Waals surface area contributed by atoms with Crippen molar-refractivity contribution in [3.8, 4) is 0 Å². The smallest absolute Gasteiger partial charge is 0.170 e. The first-order chi connectivity index (χ1) is 10.1. The number of epoxide rings is 1. The molecule has 0 aromatic carbocycles. The highest BCUT2D eigenvalue weighted by Gasteiger charge is 2.72. The second kappa shape index (κ2) is 3.93. The fraction of sp³-hybridized carbons (Fsp3) is 0.947. The fourth-order valence-electron chi connectivity index (χ4n) is 7.37. The number of hydrogen-bond donors (Lipinski definition) is 0. The van der Waals surface area contributed by atoms with Gasteiger partial charge in [-0.15, -0.1) is 0 Å². The van der Waals surface area contributed by atoms with E-state index < -0.39 is 0 Å². The Morgan fingerprint density at radius 3 is 2.76 bits per heavy atom. The zero-order chi connectivity index (χ0) is 14.4. The van der Waals surface area contributed by atoms with Crippen LogP contribution in [0.25, 0.3) is 0 Å². The first-order valence-electron chi connectivity index (χ1n) is 9.25. The third-order valence-corrected chi connectivity index (χ3v) is 8.54. The molecule has 5 aliphatic rings. The van der Waals surface area contributed by atoms with Crippen LogP contribution in [-0.2, 0) is 9.53 Å². The number of hydrogen-bond acceptors (Lipinski definition) is 2. The van der Waals surface area contributed by atoms with E-state index in [9.17, 15) is 4.79 Å². The molecule has 0 bridgehead atoms. The molecule has 1 heterocycles. The van der Waals surface area contributed by atoms with E-state index in [-0.39, 0.29) is 11.5 Å². The van der Waals surface area contributed by atoms with Gasteiger partial charge < -0.3 is 4.74 Å². The molecule has 4 aliphatic carbocycles. The summed E-state index contributed by atoms with van der Waals surface area (Å²) in [7, 11) is 0. The summed E-state index contributed by atoms with van der Waals surface area (Å²) in [6.07, 6.45) is 11.3. The molecular formula is C19H28O2. The maximum absolute atomic E-state index is 12.6. The van der Waals surface area contributed by atoms with Crippen molar-refractivity contribution in [2.24, 2.45) is 34.5 Å². The predicted octanol–water partition coefficient (Wildman–Crippen LogP) is 3.98. The van der Waals surface area contributed by atoms with Crippen LogP contribution >= 0.6 is 0 Å². The minimum atomic E-state index is -0.0351. The summed E-state index contributed by atoms with van der Waals surface area (Å²) in [5.74, 6) is 3.60. The molecular weight excluding hydrogens is 260 g/mol. The van der Waals surface area contributed by atoms with Crippen molar-refractivity contribution in [3.05, 3.63) is 0 Å². The minimum Gasteiger partial charge on any atom is -0.361 e. The summed E-state index contributed by atoms with van der Waals surface area (Å²) < 4.78 is 5.77. The first-order valence-corrected chi connectivity index (χ1v) is 9.25. The topological polar surface area (TPSA) is 29.6 Å². The van der Waals surface area contributed by atoms with Gasteiger partial charge in [-0.05, 0) is 61.7 Å². The third kappa shape index (κ3) is 1.46. The normalized spacial score (nSPS) is 61.5. The fourth-order valence-corrected chi connectivity index (χ4v) is 7.37. The van der Waals surface area contributed by atoms with Crippen LogP contribution in [0.2, 0.25) is 0 Å². The van der Waals surface area contributed by atoms with Gasteiger partial charge in [0, 0.05) is 11.3 Å². The van der Waals surface area contributed by atoms with Gasteiger partial charge in [0.1, 0.15) is 6.10 Å². The Morgan fingerprint density at radius 1 is 1.05 bits per heavy atom. The number of fused-ring (bicyclic) bond motifs is 7. The van der Waals surface area contributed by atoms with E-state index in [1.54, 1.807) is 0 Å². The lowest BCUT2D eigenvalue weighted by atomic mass is 9.45. The molecule has 21 heavy (non-hydrogen) atoms. The third-order valence-electron chi connectivity index (χ3n) is 8.54. The molecule has 0 aromatic rings. The molecule has 0 spiro atoms. The number of ether oxygens (including phenoxy) is 1. The lowest BCUT2D eigenvalue weighted by molar-refractivity contribution is -0.149. The second-order valence-electron chi connectivity index (χ2n) is 9.16. The largest absolute Gasteiger partial charge is 0.361 e. The van der Waals surface area contributed by atoms with Crippen molar-refractivity contribution in [1.29, 1.82) is 0 Å². The molecule has 2 nitrogen and oxygen atoms in total. The number of Topliss-reactive ketones (excluding diaryl/α,β-unsaturated/α-hetero) is 1. The zero-order valence-corrected chi connectivity index (χ0v) is 13.4. The van der Waals surface area contributed by atoms with Crippen molar-refractivity contribution in [1.82, 2.24) is 0 Å². The van der Waals surface area contributed by atoms with Gasteiger partial charge in [0.25, 0.3) is 0 Å². The highest BCUT2D eigenvalue weighted by Crippen LogP contribution is 2.68. The van der Waals surface area contributed by atoms with Gasteiger partial charge in [0.2, 0.25) is 0 Å². The molecule has 5 fully saturated rings. The molecule has 0 unspecified atom stereocenters. The summed E-state index contributed by atoms with van der Waals surface area (Å²) in [4.78, 5) is 12.6. The van der Waals surface area contributed by atoms with Crippen LogP contribution in [-0.4, -0.2) is 18.0 Å². The summed E-state index contributed by atoms with van der Waals surface area (Å²) >= 11 is 0. The van der Waals surface area contributed by atoms with Crippen LogP contribution < -0.4 is 0 Å². The maximum atomic E-state index is 12.6. The summed E-state index contributed by atoms with van der Waals surface area (Å²) in [5.41, 5.74) is 0.533. The van der Waals surface area contributed by atoms with Crippen LogP contribution in [0.4, 0.5) is 0 Å². The molecule has 1 aliphatic heterocycles. The second-order valence-corrected chi connectivity index (χ2v) is 9.16. The highest BCUT2D eigenvalue weighted by atomic mass is 16.6. The van der Waals surface area contributed by atoms with Gasteiger partial charge in [0.05, 0.1) is 6.10 Å². The van der Waals surface area contributed by atoms with Crippen molar-refractivity contribution >= 4 is 5.78 Å². The monoisotopic (exact) mass is 288 g/mol. The molecule has 4 saturated carbocycles. The van der Waals surface area contributed by atoms with E-state index in [4.69, 9.17) is 4.74 Å². The van der Waals surface area contributed by atoms with E-state index >= 15 is 0 Å². The number of carbonyl (C=O) groups excluding carboxylic acids is 1. The minimum absolute atomic E-state index is 0.00404. The lowest BCUT2D eigenvalue weighted by Gasteiger charge is -2.59. The quantitative estimate of drug-likeness (QED) is 0.631. The summed E-state index contributed by atoms with van der Waals surface area (Å²) in [6.45, 7) is 4.86. The van der Waals surface area contributed by atoms with E-state index in [2.05, 4.69) is 13.8 Å². The van der Waals surface area contributed by atoms with Crippen LogP contribution in [0.3, 0.4) is 0 Å². The molecule has 0 amide bonds. The molecule has 0 N–H and O–H groups in total. The standard InChI is InChI=1S/C19H28O2/c1-18-9-4-3-5-11(18)6-7-12-13(18)8-10-19(2)14(12)15-16(21-15)17(19)20/h11-16H,3-10H2,1-2H3/t11-,12-,13-,14-,15-,16-,18+,19-/m1/s1. The van der Waals surface area contributed by atoms with Crippen molar-refractivity contribution in [2.75, 3.05) is 0 Å². The van der Waals surface area contributed by atoms with Crippen LogP contribution in [0.1, 0.15) is 65.2 Å². The Balaban J connectivity index is 1.52. The number of carbonyl (C=O) groups is 1. The molecule has 2 heteroatoms. The molecule has 116 valence electrons. The van der Waals surface area contributed by atoms with Crippen molar-refractivity contribution < 1.29 is 9.53 Å². The van der Waals surface area contributed by atoms with E-state index in [0.717, 1.165) is 24.2 Å². The van der Waals surface area contributed by atoms with Gasteiger partial charge in [-0.25, -0.2) is 0 Å². The van der Waals surface area contributed by atoms with Gasteiger partial charge in [-0.3, -0.25) is 4.79 Å². The van der Waals surface area contributed by atoms with E-state index in [1.807, 2.05) is 0 Å². The van der Waals surface area contributed by atoms with E-state index in [1.165, 1.54) is 44.9 Å². The Kier molecular flexibility index (Phi) is 2.45. The Morgan fingerprint density at radius 2 is 1.90 bits per heavy atom. The van der Waals surface area contributed by atoms with Gasteiger partial charge in [-0.2, -0.15) is 0 Å². The Bertz CT molecular complexity index is 500. The molecule has 1 saturated heterocycles. The average molecular weight is 288 g/mol. The summed E-state index contributed by atoms with van der Waals surface area (Å²) in [6, 6.07) is 0. The van der Waals surface area contributed by atoms with Crippen molar-refractivity contribution in [3.63, 3.8) is 0 Å². The molecule has 5 rings (SSSR count). The van der Waals surface area contributed by atoms with Gasteiger partial charge in [-0.1, -0.05) is 26.7 Å². The SMILES string of the molecule is C[C@]12CCCC[C@@H]1CC[C@H]1[C@@H]3[C@H]4O[C@H]4C(=O)[C@]3(C)CC[C@H]12. The highest BCUT2D eigenvalue weighted by molar-refractivity contribution is 5.94. The maximum Gasteiger partial charge on any atom is 0.170 e. The van der Waals surface area contributed by atoms with Crippen molar-refractivity contribution in [2.45, 2.75) is 77.4 Å². The Hall–Kier alpha value is -0.370. The molecule has 8 atom stereocenters. The lowest BCUT2D eigenvalue weighted by Crippen LogP contribution is -2.54. The first kappa shape index (κ1) is 13.1. The van der Waals surface area contributed by atoms with Crippen LogP contribution in [0.15, 0.2) is 0 Å². The predicted molar refractivity (Wildman–Crippen MR) is 80.8 cm³/mol. The Labute approximate surface area is 128 Å². The van der Waals surface area contributed by atoms with E-state index in [0.29, 0.717) is 23.2 Å².